The van der Waals surface area contributed by atoms with E-state index in [1.54, 1.807) is 0 Å². The van der Waals surface area contributed by atoms with Crippen molar-refractivity contribution in [3.63, 3.8) is 0 Å². The summed E-state index contributed by atoms with van der Waals surface area (Å²) in [6.07, 6.45) is 2.34. The molecule has 0 spiro atoms. The van der Waals surface area contributed by atoms with Gasteiger partial charge in [-0.3, -0.25) is 0 Å². The van der Waals surface area contributed by atoms with Gasteiger partial charge in [0.2, 0.25) is 9.04 Å². The van der Waals surface area contributed by atoms with Crippen LogP contribution in [0.25, 0.3) is 0 Å². The lowest BCUT2D eigenvalue weighted by molar-refractivity contribution is 0.214. The van der Waals surface area contributed by atoms with Crippen LogP contribution in [0, 0.1) is 10.8 Å². The van der Waals surface area contributed by atoms with Crippen LogP contribution in [0.5, 0.6) is 0 Å². The molecular formula is C14H26OSi. The molecule has 0 saturated heterocycles. The molecule has 0 heterocycles. The summed E-state index contributed by atoms with van der Waals surface area (Å²) in [5.41, 5.74) is 3.18. The molecule has 92 valence electrons. The minimum absolute atomic E-state index is 0.135. The Morgan fingerprint density at radius 3 is 2.00 bits per heavy atom. The normalized spacial score (nSPS) is 26.4. The molecule has 0 fully saturated rings. The zero-order valence-corrected chi connectivity index (χ0v) is 13.2. The first-order valence-corrected chi connectivity index (χ1v) is 8.95. The van der Waals surface area contributed by atoms with Gasteiger partial charge in [0.1, 0.15) is 5.76 Å². The van der Waals surface area contributed by atoms with E-state index in [4.69, 9.17) is 4.43 Å². The van der Waals surface area contributed by atoms with E-state index in [1.807, 2.05) is 0 Å². The van der Waals surface area contributed by atoms with Crippen molar-refractivity contribution in [2.45, 2.75) is 54.6 Å². The first-order valence-electron chi connectivity index (χ1n) is 6.17. The van der Waals surface area contributed by atoms with E-state index in [-0.39, 0.29) is 10.8 Å². The van der Waals surface area contributed by atoms with Gasteiger partial charge in [0.15, 0.2) is 0 Å². The fourth-order valence-corrected chi connectivity index (χ4v) is 2.96. The van der Waals surface area contributed by atoms with Crippen LogP contribution in [-0.4, -0.2) is 9.04 Å². The summed E-state index contributed by atoms with van der Waals surface area (Å²) < 4.78 is 6.03. The molecule has 2 heteroatoms. The Balaban J connectivity index is 3.15. The molecular weight excluding hydrogens is 212 g/mol. The van der Waals surface area contributed by atoms with Crippen molar-refractivity contribution in [2.75, 3.05) is 0 Å². The maximum Gasteiger partial charge on any atom is 0.229 e. The second kappa shape index (κ2) is 4.06. The van der Waals surface area contributed by atoms with E-state index in [9.17, 15) is 0 Å². The average Bonchev–Trinajstić information content (AvgIpc) is 2.30. The summed E-state index contributed by atoms with van der Waals surface area (Å²) in [5.74, 6) is 1.14. The van der Waals surface area contributed by atoms with Gasteiger partial charge >= 0.3 is 0 Å². The topological polar surface area (TPSA) is 9.23 Å². The van der Waals surface area contributed by atoms with E-state index < -0.39 is 9.04 Å². The predicted octanol–water partition coefficient (Wildman–Crippen LogP) is 4.27. The molecule has 1 aliphatic rings. The number of hydrogen-bond acceptors (Lipinski definition) is 1. The highest BCUT2D eigenvalue weighted by Crippen LogP contribution is 2.52. The summed E-state index contributed by atoms with van der Waals surface area (Å²) in [4.78, 5) is 0. The highest BCUT2D eigenvalue weighted by Gasteiger charge is 2.42. The average molecular weight is 238 g/mol. The summed E-state index contributed by atoms with van der Waals surface area (Å²) in [6.45, 7) is 18.1. The van der Waals surface area contributed by atoms with Crippen LogP contribution in [0.1, 0.15) is 41.5 Å². The molecule has 0 N–H and O–H groups in total. The largest absolute Gasteiger partial charge is 0.547 e. The summed E-state index contributed by atoms with van der Waals surface area (Å²) in [7, 11) is -1.00. The molecule has 0 aliphatic heterocycles. The lowest BCUT2D eigenvalue weighted by Gasteiger charge is -2.38. The Labute approximate surface area is 102 Å². The van der Waals surface area contributed by atoms with Crippen molar-refractivity contribution in [1.82, 2.24) is 0 Å². The van der Waals surface area contributed by atoms with Crippen molar-refractivity contribution in [3.05, 3.63) is 23.0 Å². The van der Waals surface area contributed by atoms with Crippen molar-refractivity contribution in [1.29, 1.82) is 0 Å². The molecule has 0 radical (unpaired) electrons. The van der Waals surface area contributed by atoms with Crippen LogP contribution in [-0.2, 0) is 4.43 Å². The van der Waals surface area contributed by atoms with Crippen LogP contribution in [0.2, 0.25) is 13.1 Å². The second-order valence-corrected chi connectivity index (χ2v) is 8.71. The molecule has 16 heavy (non-hydrogen) atoms. The van der Waals surface area contributed by atoms with Crippen molar-refractivity contribution in [2.24, 2.45) is 10.8 Å². The highest BCUT2D eigenvalue weighted by atomic mass is 28.3. The monoisotopic (exact) mass is 238 g/mol. The smallest absolute Gasteiger partial charge is 0.229 e. The van der Waals surface area contributed by atoms with Gasteiger partial charge in [-0.05, 0) is 44.0 Å². The van der Waals surface area contributed by atoms with Gasteiger partial charge in [0.05, 0.1) is 0 Å². The summed E-state index contributed by atoms with van der Waals surface area (Å²) in [5, 5.41) is 0. The van der Waals surface area contributed by atoms with E-state index >= 15 is 0 Å². The Hall–Kier alpha value is -0.503. The fourth-order valence-electron chi connectivity index (χ4n) is 2.21. The molecule has 0 bridgehead atoms. The fraction of sp³-hybridized carbons (Fsp3) is 0.714. The molecule has 0 saturated carbocycles. The number of rotatable bonds is 2. The zero-order chi connectivity index (χ0) is 12.7. The Kier molecular flexibility index (Phi) is 3.44. The third-order valence-electron chi connectivity index (χ3n) is 4.05. The molecule has 0 aromatic carbocycles. The lowest BCUT2D eigenvalue weighted by Crippen LogP contribution is -2.30. The molecule has 1 atom stereocenters. The van der Waals surface area contributed by atoms with Crippen LogP contribution in [0.15, 0.2) is 23.0 Å². The van der Waals surface area contributed by atoms with E-state index in [0.29, 0.717) is 0 Å². The molecule has 0 aromatic heterocycles. The van der Waals surface area contributed by atoms with Crippen molar-refractivity contribution < 1.29 is 4.43 Å². The Morgan fingerprint density at radius 2 is 1.69 bits per heavy atom. The second-order valence-electron chi connectivity index (χ2n) is 6.38. The molecule has 1 nitrogen and oxygen atoms in total. The molecule has 1 unspecified atom stereocenters. The van der Waals surface area contributed by atoms with Gasteiger partial charge in [-0.2, -0.15) is 0 Å². The summed E-state index contributed by atoms with van der Waals surface area (Å²) in [6, 6.07) is 0. The van der Waals surface area contributed by atoms with Crippen LogP contribution >= 0.6 is 0 Å². The maximum atomic E-state index is 6.03. The minimum Gasteiger partial charge on any atom is -0.547 e. The molecule has 0 amide bonds. The van der Waals surface area contributed by atoms with E-state index in [1.165, 1.54) is 11.1 Å². The van der Waals surface area contributed by atoms with Crippen LogP contribution in [0.4, 0.5) is 0 Å². The first-order chi connectivity index (χ1) is 7.09. The molecule has 0 aromatic rings. The highest BCUT2D eigenvalue weighted by molar-refractivity contribution is 6.48. The summed E-state index contributed by atoms with van der Waals surface area (Å²) >= 11 is 0. The Bertz CT molecular complexity index is 344. The SMILES string of the molecule is CC1=C(C)C(C)(C(C)(C)C)C=C1O[SiH](C)C. The molecule has 1 rings (SSSR count). The molecule has 1 aliphatic carbocycles. The van der Waals surface area contributed by atoms with Crippen LogP contribution in [0.3, 0.4) is 0 Å². The predicted molar refractivity (Wildman–Crippen MR) is 74.0 cm³/mol. The lowest BCUT2D eigenvalue weighted by atomic mass is 9.65. The van der Waals surface area contributed by atoms with Gasteiger partial charge in [0.25, 0.3) is 0 Å². The van der Waals surface area contributed by atoms with Gasteiger partial charge < -0.3 is 4.43 Å². The number of hydrogen-bond donors (Lipinski definition) is 0. The third kappa shape index (κ3) is 2.12. The van der Waals surface area contributed by atoms with Gasteiger partial charge in [-0.25, -0.2) is 0 Å². The van der Waals surface area contributed by atoms with Gasteiger partial charge in [-0.1, -0.05) is 33.3 Å². The standard InChI is InChI=1S/C14H26OSi/c1-10-11(2)14(6,13(3,4)5)9-12(10)15-16(7)8/h9,16H,1-8H3. The van der Waals surface area contributed by atoms with Crippen molar-refractivity contribution in [3.8, 4) is 0 Å². The van der Waals surface area contributed by atoms with E-state index in [0.717, 1.165) is 5.76 Å². The maximum absolute atomic E-state index is 6.03. The van der Waals surface area contributed by atoms with Gasteiger partial charge in [0, 0.05) is 5.41 Å². The van der Waals surface area contributed by atoms with E-state index in [2.05, 4.69) is 60.7 Å². The Morgan fingerprint density at radius 1 is 1.19 bits per heavy atom. The number of allylic oxidation sites excluding steroid dienone is 3. The zero-order valence-electron chi connectivity index (χ0n) is 12.1. The minimum atomic E-state index is -1.00. The first kappa shape index (κ1) is 13.6. The quantitative estimate of drug-likeness (QED) is 0.653. The third-order valence-corrected chi connectivity index (χ3v) is 4.78. The van der Waals surface area contributed by atoms with Crippen molar-refractivity contribution >= 4 is 9.04 Å². The van der Waals surface area contributed by atoms with Crippen LogP contribution < -0.4 is 0 Å². The van der Waals surface area contributed by atoms with Gasteiger partial charge in [-0.15, -0.1) is 0 Å².